The summed E-state index contributed by atoms with van der Waals surface area (Å²) in [7, 11) is 4.28. The molecule has 1 aliphatic heterocycles. The molecule has 1 atom stereocenters. The van der Waals surface area contributed by atoms with E-state index in [0.29, 0.717) is 0 Å². The smallest absolute Gasteiger partial charge is 0.408 e. The van der Waals surface area contributed by atoms with E-state index in [4.69, 9.17) is 21.1 Å². The van der Waals surface area contributed by atoms with E-state index in [1.54, 1.807) is 0 Å². The zero-order valence-corrected chi connectivity index (χ0v) is 13.0. The summed E-state index contributed by atoms with van der Waals surface area (Å²) in [5.41, 5.74) is -0.0792. The van der Waals surface area contributed by atoms with Gasteiger partial charge >= 0.3 is 12.1 Å². The number of hydrogen-bond donors (Lipinski definition) is 1. The highest BCUT2D eigenvalue weighted by Gasteiger charge is 2.40. The number of ether oxygens (including phenoxy) is 2. The van der Waals surface area contributed by atoms with Crippen LogP contribution in [0.25, 0.3) is 0 Å². The highest BCUT2D eigenvalue weighted by atomic mass is 35.5. The van der Waals surface area contributed by atoms with Gasteiger partial charge in [0.2, 0.25) is 6.23 Å². The van der Waals surface area contributed by atoms with Crippen LogP contribution in [0.3, 0.4) is 0 Å². The molecule has 3 amide bonds. The van der Waals surface area contributed by atoms with Crippen LogP contribution < -0.4 is 15.0 Å². The number of urea groups is 1. The van der Waals surface area contributed by atoms with E-state index < -0.39 is 24.2 Å². The molecule has 120 valence electrons. The number of likely N-dealkylation sites (N-methyl/N-ethyl adjacent to an activating group) is 1. The lowest BCUT2D eigenvalue weighted by atomic mass is 10.2. The number of amides is 3. The van der Waals surface area contributed by atoms with E-state index in [9.17, 15) is 14.0 Å². The predicted octanol–water partition coefficient (Wildman–Crippen LogP) is 2.04. The first-order valence-corrected chi connectivity index (χ1v) is 6.72. The third-order valence-corrected chi connectivity index (χ3v) is 3.47. The van der Waals surface area contributed by atoms with Crippen LogP contribution in [0.4, 0.5) is 19.7 Å². The number of anilines is 1. The molecule has 0 radical (unpaired) electrons. The van der Waals surface area contributed by atoms with Gasteiger partial charge in [0.05, 0.1) is 24.4 Å². The normalized spacial score (nSPS) is 17.7. The van der Waals surface area contributed by atoms with Crippen molar-refractivity contribution in [2.75, 3.05) is 32.6 Å². The SMILES string of the molecule is CNC(=O)OC1CN(C)C(=O)N1c1cc(OC)c(Cl)cc1F. The molecular weight excluding hydrogens is 317 g/mol. The highest BCUT2D eigenvalue weighted by molar-refractivity contribution is 6.32. The van der Waals surface area contributed by atoms with Crippen LogP contribution in [0.1, 0.15) is 0 Å². The molecule has 0 aromatic heterocycles. The largest absolute Gasteiger partial charge is 0.495 e. The average Bonchev–Trinajstić information content (AvgIpc) is 2.74. The summed E-state index contributed by atoms with van der Waals surface area (Å²) in [6.07, 6.45) is -1.68. The Morgan fingerprint density at radius 3 is 2.77 bits per heavy atom. The van der Waals surface area contributed by atoms with Gasteiger partial charge in [0.25, 0.3) is 0 Å². The fourth-order valence-electron chi connectivity index (χ4n) is 2.09. The lowest BCUT2D eigenvalue weighted by molar-refractivity contribution is 0.105. The van der Waals surface area contributed by atoms with Crippen molar-refractivity contribution in [3.8, 4) is 5.75 Å². The Kier molecular flexibility index (Phi) is 4.60. The lowest BCUT2D eigenvalue weighted by Gasteiger charge is -2.23. The van der Waals surface area contributed by atoms with Gasteiger partial charge in [-0.1, -0.05) is 11.6 Å². The third kappa shape index (κ3) is 2.87. The van der Waals surface area contributed by atoms with Crippen molar-refractivity contribution in [1.82, 2.24) is 10.2 Å². The van der Waals surface area contributed by atoms with Gasteiger partial charge < -0.3 is 19.7 Å². The van der Waals surface area contributed by atoms with Crippen molar-refractivity contribution < 1.29 is 23.5 Å². The van der Waals surface area contributed by atoms with Crippen LogP contribution in [-0.2, 0) is 4.74 Å². The highest BCUT2D eigenvalue weighted by Crippen LogP contribution is 2.35. The van der Waals surface area contributed by atoms with Crippen molar-refractivity contribution in [2.45, 2.75) is 6.23 Å². The first-order chi connectivity index (χ1) is 10.4. The number of alkyl carbamates (subject to hydrolysis) is 1. The minimum absolute atomic E-state index is 0.0764. The quantitative estimate of drug-likeness (QED) is 0.920. The Morgan fingerprint density at radius 2 is 2.18 bits per heavy atom. The second-order valence-electron chi connectivity index (χ2n) is 4.58. The topological polar surface area (TPSA) is 71.1 Å². The van der Waals surface area contributed by atoms with Gasteiger partial charge in [-0.3, -0.25) is 4.90 Å². The van der Waals surface area contributed by atoms with E-state index in [0.717, 1.165) is 11.0 Å². The summed E-state index contributed by atoms with van der Waals surface area (Å²) in [6.45, 7) is 0.108. The molecule has 1 heterocycles. The van der Waals surface area contributed by atoms with Gasteiger partial charge in [0.15, 0.2) is 0 Å². The summed E-state index contributed by atoms with van der Waals surface area (Å²) in [5, 5.41) is 2.36. The third-order valence-electron chi connectivity index (χ3n) is 3.18. The maximum atomic E-state index is 14.2. The number of benzene rings is 1. The van der Waals surface area contributed by atoms with Gasteiger partial charge in [-0.05, 0) is 6.07 Å². The van der Waals surface area contributed by atoms with Crippen molar-refractivity contribution in [2.24, 2.45) is 0 Å². The summed E-state index contributed by atoms with van der Waals surface area (Å²) in [4.78, 5) is 26.0. The van der Waals surface area contributed by atoms with Gasteiger partial charge in [0, 0.05) is 20.2 Å². The molecule has 0 aliphatic carbocycles. The van der Waals surface area contributed by atoms with Crippen molar-refractivity contribution >= 4 is 29.4 Å². The summed E-state index contributed by atoms with van der Waals surface area (Å²) in [6, 6.07) is 1.82. The standard InChI is InChI=1S/C13H15ClFN3O4/c1-16-12(19)22-11-6-17(2)13(20)18(11)9-5-10(21-3)7(14)4-8(9)15/h4-5,11H,6H2,1-3H3,(H,16,19). The van der Waals surface area contributed by atoms with E-state index in [2.05, 4.69) is 5.32 Å². The molecule has 1 aromatic rings. The Labute approximate surface area is 131 Å². The van der Waals surface area contributed by atoms with Gasteiger partial charge in [-0.15, -0.1) is 0 Å². The minimum Gasteiger partial charge on any atom is -0.495 e. The Balaban J connectivity index is 2.42. The molecule has 1 aromatic carbocycles. The summed E-state index contributed by atoms with van der Waals surface area (Å²) >= 11 is 5.84. The van der Waals surface area contributed by atoms with Crippen molar-refractivity contribution in [3.05, 3.63) is 23.0 Å². The van der Waals surface area contributed by atoms with Crippen LogP contribution >= 0.6 is 11.6 Å². The monoisotopic (exact) mass is 331 g/mol. The van der Waals surface area contributed by atoms with E-state index in [1.807, 2.05) is 0 Å². The van der Waals surface area contributed by atoms with Gasteiger partial charge in [-0.25, -0.2) is 14.0 Å². The summed E-state index contributed by atoms with van der Waals surface area (Å²) in [5.74, 6) is -0.515. The van der Waals surface area contributed by atoms with Crippen LogP contribution in [0.15, 0.2) is 12.1 Å². The van der Waals surface area contributed by atoms with Crippen LogP contribution in [0.2, 0.25) is 5.02 Å². The molecule has 1 N–H and O–H groups in total. The molecule has 0 saturated carbocycles. The van der Waals surface area contributed by atoms with Crippen molar-refractivity contribution in [3.63, 3.8) is 0 Å². The molecule has 0 spiro atoms. The number of halogens is 2. The second kappa shape index (κ2) is 6.27. The maximum absolute atomic E-state index is 14.2. The fraction of sp³-hybridized carbons (Fsp3) is 0.385. The molecule has 9 heteroatoms. The molecule has 7 nitrogen and oxygen atoms in total. The minimum atomic E-state index is -0.960. The zero-order valence-electron chi connectivity index (χ0n) is 12.2. The number of nitrogens with one attached hydrogen (secondary N) is 1. The first-order valence-electron chi connectivity index (χ1n) is 6.34. The Hall–Kier alpha value is -2.22. The number of hydrogen-bond acceptors (Lipinski definition) is 4. The number of methoxy groups -OCH3 is 1. The number of nitrogens with zero attached hydrogens (tertiary/aromatic N) is 2. The fourth-order valence-corrected chi connectivity index (χ4v) is 2.32. The predicted molar refractivity (Wildman–Crippen MR) is 77.8 cm³/mol. The van der Waals surface area contributed by atoms with Crippen molar-refractivity contribution in [1.29, 1.82) is 0 Å². The van der Waals surface area contributed by atoms with E-state index in [-0.39, 0.29) is 23.0 Å². The molecular formula is C13H15ClFN3O4. The zero-order chi connectivity index (χ0) is 16.4. The van der Waals surface area contributed by atoms with Gasteiger partial charge in [0.1, 0.15) is 11.6 Å². The molecule has 1 aliphatic rings. The van der Waals surface area contributed by atoms with Gasteiger partial charge in [-0.2, -0.15) is 0 Å². The Bertz CT molecular complexity index is 613. The molecule has 22 heavy (non-hydrogen) atoms. The number of rotatable bonds is 3. The Morgan fingerprint density at radius 1 is 1.50 bits per heavy atom. The number of carbonyl (C=O) groups is 2. The average molecular weight is 332 g/mol. The van der Waals surface area contributed by atoms with E-state index >= 15 is 0 Å². The second-order valence-corrected chi connectivity index (χ2v) is 4.99. The summed E-state index contributed by atoms with van der Waals surface area (Å²) < 4.78 is 24.3. The van der Waals surface area contributed by atoms with Crippen LogP contribution in [-0.4, -0.2) is 51.0 Å². The molecule has 1 fully saturated rings. The van der Waals surface area contributed by atoms with Crippen LogP contribution in [0.5, 0.6) is 5.75 Å². The maximum Gasteiger partial charge on any atom is 0.408 e. The molecule has 2 rings (SSSR count). The molecule has 1 unspecified atom stereocenters. The molecule has 0 bridgehead atoms. The lowest BCUT2D eigenvalue weighted by Crippen LogP contribution is -2.39. The van der Waals surface area contributed by atoms with E-state index in [1.165, 1.54) is 32.2 Å². The van der Waals surface area contributed by atoms with Crippen LogP contribution in [0, 0.1) is 5.82 Å². The first kappa shape index (κ1) is 16.2. The number of carbonyl (C=O) groups excluding carboxylic acids is 2. The molecule has 1 saturated heterocycles.